The first-order valence-corrected chi connectivity index (χ1v) is 7.29. The zero-order chi connectivity index (χ0) is 13.8. The van der Waals surface area contributed by atoms with Crippen molar-refractivity contribution in [2.24, 2.45) is 0 Å². The van der Waals surface area contributed by atoms with E-state index in [0.29, 0.717) is 16.6 Å². The molecule has 3 nitrogen and oxygen atoms in total. The van der Waals surface area contributed by atoms with Crippen LogP contribution in [0.5, 0.6) is 0 Å². The van der Waals surface area contributed by atoms with Crippen LogP contribution < -0.4 is 0 Å². The zero-order valence-corrected chi connectivity index (χ0v) is 12.2. The van der Waals surface area contributed by atoms with E-state index in [0.717, 1.165) is 25.7 Å². The van der Waals surface area contributed by atoms with E-state index in [1.165, 1.54) is 18.2 Å². The molecule has 0 heterocycles. The molecule has 0 spiro atoms. The van der Waals surface area contributed by atoms with Crippen molar-refractivity contribution in [2.45, 2.75) is 31.7 Å². The largest absolute Gasteiger partial charge is 0.395 e. The van der Waals surface area contributed by atoms with Crippen LogP contribution in [0.1, 0.15) is 36.0 Å². The highest BCUT2D eigenvalue weighted by Crippen LogP contribution is 2.27. The summed E-state index contributed by atoms with van der Waals surface area (Å²) < 4.78 is 13.9. The first-order chi connectivity index (χ1) is 9.13. The molecule has 1 amide bonds. The Bertz CT molecular complexity index is 461. The van der Waals surface area contributed by atoms with Gasteiger partial charge in [0.1, 0.15) is 5.82 Å². The van der Waals surface area contributed by atoms with Gasteiger partial charge in [0.15, 0.2) is 0 Å². The summed E-state index contributed by atoms with van der Waals surface area (Å²) in [6.07, 6.45) is 4.12. The monoisotopic (exact) mass is 329 g/mol. The highest BCUT2D eigenvalue weighted by atomic mass is 79.9. The normalized spacial score (nSPS) is 15.7. The highest BCUT2D eigenvalue weighted by molar-refractivity contribution is 9.10. The van der Waals surface area contributed by atoms with Crippen LogP contribution >= 0.6 is 15.9 Å². The molecule has 1 aliphatic carbocycles. The molecule has 1 aliphatic rings. The van der Waals surface area contributed by atoms with Crippen LogP contribution in [0.3, 0.4) is 0 Å². The van der Waals surface area contributed by atoms with Crippen LogP contribution in [0.2, 0.25) is 0 Å². The third-order valence-electron chi connectivity index (χ3n) is 3.53. The summed E-state index contributed by atoms with van der Waals surface area (Å²) in [4.78, 5) is 14.2. The number of aliphatic hydroxyl groups excluding tert-OH is 1. The summed E-state index contributed by atoms with van der Waals surface area (Å²) in [5.74, 6) is -0.644. The summed E-state index contributed by atoms with van der Waals surface area (Å²) in [6.45, 7) is 0.224. The van der Waals surface area contributed by atoms with Crippen molar-refractivity contribution < 1.29 is 14.3 Å². The summed E-state index contributed by atoms with van der Waals surface area (Å²) in [6, 6.07) is 4.25. The third kappa shape index (κ3) is 3.34. The van der Waals surface area contributed by atoms with Gasteiger partial charge in [-0.1, -0.05) is 12.8 Å². The topological polar surface area (TPSA) is 40.5 Å². The standard InChI is InChI=1S/C14H17BrFNO2/c15-13-6-5-10(16)9-12(13)14(19)17(7-8-18)11-3-1-2-4-11/h5-6,9,11,18H,1-4,7-8H2. The summed E-state index contributed by atoms with van der Waals surface area (Å²) in [7, 11) is 0. The van der Waals surface area contributed by atoms with Gasteiger partial charge in [-0.2, -0.15) is 0 Å². The van der Waals surface area contributed by atoms with Gasteiger partial charge < -0.3 is 10.0 Å². The van der Waals surface area contributed by atoms with Gasteiger partial charge in [-0.3, -0.25) is 4.79 Å². The summed E-state index contributed by atoms with van der Waals surface area (Å²) in [5, 5.41) is 9.14. The average Bonchev–Trinajstić information content (AvgIpc) is 2.92. The van der Waals surface area contributed by atoms with Crippen molar-refractivity contribution in [2.75, 3.05) is 13.2 Å². The SMILES string of the molecule is O=C(c1cc(F)ccc1Br)N(CCO)C1CCCC1. The Morgan fingerprint density at radius 2 is 2.11 bits per heavy atom. The fraction of sp³-hybridized carbons (Fsp3) is 0.500. The maximum Gasteiger partial charge on any atom is 0.255 e. The van der Waals surface area contributed by atoms with E-state index in [2.05, 4.69) is 15.9 Å². The molecule has 1 aromatic rings. The molecule has 0 unspecified atom stereocenters. The van der Waals surface area contributed by atoms with Crippen molar-refractivity contribution in [3.63, 3.8) is 0 Å². The molecule has 1 aromatic carbocycles. The van der Waals surface area contributed by atoms with Gasteiger partial charge in [0.05, 0.1) is 12.2 Å². The van der Waals surface area contributed by atoms with E-state index >= 15 is 0 Å². The Morgan fingerprint density at radius 3 is 2.74 bits per heavy atom. The fourth-order valence-corrected chi connectivity index (χ4v) is 3.01. The van der Waals surface area contributed by atoms with E-state index in [9.17, 15) is 9.18 Å². The molecule has 19 heavy (non-hydrogen) atoms. The number of amides is 1. The summed E-state index contributed by atoms with van der Waals surface area (Å²) >= 11 is 3.28. The van der Waals surface area contributed by atoms with Gasteiger partial charge in [0.25, 0.3) is 5.91 Å². The molecule has 1 N–H and O–H groups in total. The lowest BCUT2D eigenvalue weighted by molar-refractivity contribution is 0.0636. The van der Waals surface area contributed by atoms with Crippen LogP contribution in [0.25, 0.3) is 0 Å². The van der Waals surface area contributed by atoms with E-state index in [1.807, 2.05) is 0 Å². The number of nitrogens with zero attached hydrogens (tertiary/aromatic N) is 1. The molecule has 0 atom stereocenters. The molecule has 2 rings (SSSR count). The number of aliphatic hydroxyl groups is 1. The van der Waals surface area contributed by atoms with E-state index < -0.39 is 5.82 Å². The minimum atomic E-state index is -0.429. The predicted molar refractivity (Wildman–Crippen MR) is 74.5 cm³/mol. The van der Waals surface area contributed by atoms with E-state index in [4.69, 9.17) is 5.11 Å². The van der Waals surface area contributed by atoms with Crippen molar-refractivity contribution in [1.82, 2.24) is 4.90 Å². The molecule has 1 fully saturated rings. The predicted octanol–water partition coefficient (Wildman–Crippen LogP) is 2.97. The molecule has 5 heteroatoms. The molecule has 0 aromatic heterocycles. The Hall–Kier alpha value is -0.940. The third-order valence-corrected chi connectivity index (χ3v) is 4.22. The zero-order valence-electron chi connectivity index (χ0n) is 10.6. The number of rotatable bonds is 4. The Morgan fingerprint density at radius 1 is 1.42 bits per heavy atom. The lowest BCUT2D eigenvalue weighted by atomic mass is 10.1. The van der Waals surface area contributed by atoms with Crippen LogP contribution in [-0.4, -0.2) is 35.1 Å². The van der Waals surface area contributed by atoms with Crippen LogP contribution in [0, 0.1) is 5.82 Å². The summed E-state index contributed by atoms with van der Waals surface area (Å²) in [5.41, 5.74) is 0.320. The second-order valence-electron chi connectivity index (χ2n) is 4.78. The molecule has 0 radical (unpaired) electrons. The Labute approximate surface area is 120 Å². The van der Waals surface area contributed by atoms with E-state index in [1.54, 1.807) is 4.90 Å². The number of carbonyl (C=O) groups excluding carboxylic acids is 1. The van der Waals surface area contributed by atoms with Crippen LogP contribution in [0.15, 0.2) is 22.7 Å². The fourth-order valence-electron chi connectivity index (χ4n) is 2.59. The Kier molecular flexibility index (Phi) is 4.93. The first-order valence-electron chi connectivity index (χ1n) is 6.50. The lowest BCUT2D eigenvalue weighted by Gasteiger charge is -2.28. The number of benzene rings is 1. The average molecular weight is 330 g/mol. The number of halogens is 2. The molecular formula is C14H17BrFNO2. The van der Waals surface area contributed by atoms with Gasteiger partial charge in [0, 0.05) is 17.1 Å². The second-order valence-corrected chi connectivity index (χ2v) is 5.64. The quantitative estimate of drug-likeness (QED) is 0.922. The molecule has 1 saturated carbocycles. The number of carbonyl (C=O) groups is 1. The molecular weight excluding hydrogens is 313 g/mol. The number of hydrogen-bond donors (Lipinski definition) is 1. The van der Waals surface area contributed by atoms with Gasteiger partial charge in [-0.25, -0.2) is 4.39 Å². The van der Waals surface area contributed by atoms with Crippen molar-refractivity contribution in [1.29, 1.82) is 0 Å². The molecule has 0 aliphatic heterocycles. The Balaban J connectivity index is 2.25. The second kappa shape index (κ2) is 6.48. The van der Waals surface area contributed by atoms with Gasteiger partial charge in [-0.15, -0.1) is 0 Å². The van der Waals surface area contributed by atoms with Crippen LogP contribution in [-0.2, 0) is 0 Å². The lowest BCUT2D eigenvalue weighted by Crippen LogP contribution is -2.40. The molecule has 0 saturated heterocycles. The maximum absolute atomic E-state index is 13.3. The van der Waals surface area contributed by atoms with Crippen LogP contribution in [0.4, 0.5) is 4.39 Å². The smallest absolute Gasteiger partial charge is 0.255 e. The number of hydrogen-bond acceptors (Lipinski definition) is 2. The minimum Gasteiger partial charge on any atom is -0.395 e. The van der Waals surface area contributed by atoms with Gasteiger partial charge in [-0.05, 0) is 47.0 Å². The molecule has 104 valence electrons. The minimum absolute atomic E-state index is 0.0742. The van der Waals surface area contributed by atoms with E-state index in [-0.39, 0.29) is 18.6 Å². The first kappa shape index (κ1) is 14.5. The van der Waals surface area contributed by atoms with Gasteiger partial charge in [0.2, 0.25) is 0 Å². The maximum atomic E-state index is 13.3. The van der Waals surface area contributed by atoms with Crippen molar-refractivity contribution in [3.05, 3.63) is 34.1 Å². The highest BCUT2D eigenvalue weighted by Gasteiger charge is 2.28. The van der Waals surface area contributed by atoms with Crippen molar-refractivity contribution in [3.8, 4) is 0 Å². The van der Waals surface area contributed by atoms with Gasteiger partial charge >= 0.3 is 0 Å². The molecule has 0 bridgehead atoms. The van der Waals surface area contributed by atoms with Crippen molar-refractivity contribution >= 4 is 21.8 Å².